The van der Waals surface area contributed by atoms with Gasteiger partial charge in [0.05, 0.1) is 22.5 Å². The molecule has 2 aliphatic heterocycles. The van der Waals surface area contributed by atoms with Gasteiger partial charge in [-0.05, 0) is 54.9 Å². The number of nitrogens with zero attached hydrogens (tertiary/aromatic N) is 2. The van der Waals surface area contributed by atoms with Crippen LogP contribution in [0.4, 0.5) is 39.0 Å². The summed E-state index contributed by atoms with van der Waals surface area (Å²) in [7, 11) is 0. The fourth-order valence-corrected chi connectivity index (χ4v) is 4.52. The van der Waals surface area contributed by atoms with Crippen LogP contribution in [-0.4, -0.2) is 30.6 Å². The molecule has 0 radical (unpaired) electrons. The normalized spacial score (nSPS) is 16.1. The first-order chi connectivity index (χ1) is 16.6. The Hall–Kier alpha value is -3.73. The number of H-pyrrole nitrogens is 1. The van der Waals surface area contributed by atoms with E-state index in [-0.39, 0.29) is 23.5 Å². The van der Waals surface area contributed by atoms with Crippen LogP contribution in [0, 0.1) is 11.6 Å². The summed E-state index contributed by atoms with van der Waals surface area (Å²) in [6.07, 6.45) is -4.29. The zero-order valence-electron chi connectivity index (χ0n) is 18.2. The molecule has 2 N–H and O–H groups in total. The molecule has 11 heteroatoms. The van der Waals surface area contributed by atoms with Gasteiger partial charge >= 0.3 is 6.18 Å². The molecule has 3 heterocycles. The van der Waals surface area contributed by atoms with Gasteiger partial charge in [0.15, 0.2) is 0 Å². The SMILES string of the molecule is O=C1c2cc(F)c(C(F)(F)F)cc2N2CN1c1ccc(=O)[nH]c1CCNCCc1cc(F)ccc12. The van der Waals surface area contributed by atoms with Gasteiger partial charge in [-0.2, -0.15) is 13.2 Å². The zero-order chi connectivity index (χ0) is 24.9. The second kappa shape index (κ2) is 8.49. The molecule has 3 aromatic rings. The number of aromatic nitrogens is 1. The summed E-state index contributed by atoms with van der Waals surface area (Å²) in [5.74, 6) is -2.80. The van der Waals surface area contributed by atoms with Gasteiger partial charge < -0.3 is 15.2 Å². The van der Waals surface area contributed by atoms with Crippen LogP contribution >= 0.6 is 0 Å². The number of anilines is 3. The number of fused-ring (bicyclic) bond motifs is 8. The lowest BCUT2D eigenvalue weighted by Crippen LogP contribution is -2.46. The Morgan fingerprint density at radius 3 is 2.34 bits per heavy atom. The summed E-state index contributed by atoms with van der Waals surface area (Å²) in [6, 6.07) is 7.79. The van der Waals surface area contributed by atoms with Crippen molar-refractivity contribution in [2.24, 2.45) is 0 Å². The summed E-state index contributed by atoms with van der Waals surface area (Å²) in [4.78, 5) is 30.8. The van der Waals surface area contributed by atoms with Crippen molar-refractivity contribution in [1.82, 2.24) is 10.3 Å². The lowest BCUT2D eigenvalue weighted by Gasteiger charge is -2.40. The van der Waals surface area contributed by atoms with Gasteiger partial charge in [0.1, 0.15) is 18.3 Å². The molecule has 5 rings (SSSR count). The third-order valence-corrected chi connectivity index (χ3v) is 6.16. The van der Waals surface area contributed by atoms with E-state index in [1.54, 1.807) is 0 Å². The molecule has 1 aromatic heterocycles. The van der Waals surface area contributed by atoms with Crippen LogP contribution in [0.1, 0.15) is 27.2 Å². The first-order valence-electron chi connectivity index (χ1n) is 10.8. The fraction of sp³-hybridized carbons (Fsp3) is 0.250. The number of hydrogen-bond acceptors (Lipinski definition) is 4. The minimum absolute atomic E-state index is 0.135. The molecule has 2 aliphatic rings. The Morgan fingerprint density at radius 1 is 0.829 bits per heavy atom. The summed E-state index contributed by atoms with van der Waals surface area (Å²) >= 11 is 0. The third kappa shape index (κ3) is 4.16. The van der Waals surface area contributed by atoms with Gasteiger partial charge in [0.2, 0.25) is 5.56 Å². The number of carbonyl (C=O) groups excluding carboxylic acids is 1. The van der Waals surface area contributed by atoms with Crippen molar-refractivity contribution in [3.05, 3.63) is 86.8 Å². The minimum atomic E-state index is -4.98. The van der Waals surface area contributed by atoms with E-state index in [1.807, 2.05) is 0 Å². The predicted molar refractivity (Wildman–Crippen MR) is 119 cm³/mol. The highest BCUT2D eigenvalue weighted by molar-refractivity contribution is 6.13. The highest BCUT2D eigenvalue weighted by Gasteiger charge is 2.40. The molecule has 0 aliphatic carbocycles. The lowest BCUT2D eigenvalue weighted by molar-refractivity contribution is -0.139. The predicted octanol–water partition coefficient (Wildman–Crippen LogP) is 4.12. The fourth-order valence-electron chi connectivity index (χ4n) is 4.52. The summed E-state index contributed by atoms with van der Waals surface area (Å²) in [6.45, 7) is 0.660. The maximum atomic E-state index is 14.6. The van der Waals surface area contributed by atoms with E-state index in [0.717, 1.165) is 0 Å². The van der Waals surface area contributed by atoms with E-state index in [0.29, 0.717) is 60.7 Å². The van der Waals surface area contributed by atoms with E-state index >= 15 is 0 Å². The molecular weight excluding hydrogens is 471 g/mol. The summed E-state index contributed by atoms with van der Waals surface area (Å²) in [5, 5.41) is 3.19. The van der Waals surface area contributed by atoms with E-state index in [1.165, 1.54) is 40.1 Å². The average molecular weight is 490 g/mol. The molecule has 1 amide bonds. The van der Waals surface area contributed by atoms with Gasteiger partial charge in [0, 0.05) is 30.4 Å². The van der Waals surface area contributed by atoms with Gasteiger partial charge in [-0.15, -0.1) is 0 Å². The quantitative estimate of drug-likeness (QED) is 0.466. The molecule has 0 saturated heterocycles. The van der Waals surface area contributed by atoms with Gasteiger partial charge in [-0.3, -0.25) is 14.5 Å². The first-order valence-corrected chi connectivity index (χ1v) is 10.8. The number of nitrogens with one attached hydrogen (secondary N) is 2. The van der Waals surface area contributed by atoms with E-state index in [2.05, 4.69) is 10.3 Å². The smallest absolute Gasteiger partial charge is 0.324 e. The second-order valence-electron chi connectivity index (χ2n) is 8.36. The molecule has 0 spiro atoms. The van der Waals surface area contributed by atoms with Crippen LogP contribution in [0.3, 0.4) is 0 Å². The number of alkyl halides is 3. The van der Waals surface area contributed by atoms with Crippen molar-refractivity contribution in [3.8, 4) is 0 Å². The summed E-state index contributed by atoms with van der Waals surface area (Å²) < 4.78 is 69.3. The number of hydrogen-bond donors (Lipinski definition) is 2. The molecule has 0 saturated carbocycles. The van der Waals surface area contributed by atoms with Gasteiger partial charge in [-0.1, -0.05) is 0 Å². The largest absolute Gasteiger partial charge is 0.419 e. The molecule has 182 valence electrons. The van der Waals surface area contributed by atoms with Crippen LogP contribution in [0.5, 0.6) is 0 Å². The van der Waals surface area contributed by atoms with E-state index < -0.39 is 29.3 Å². The Balaban J connectivity index is 1.78. The van der Waals surface area contributed by atoms with Crippen molar-refractivity contribution >= 4 is 23.0 Å². The minimum Gasteiger partial charge on any atom is -0.324 e. The lowest BCUT2D eigenvalue weighted by atomic mass is 10.00. The monoisotopic (exact) mass is 490 g/mol. The number of pyridine rings is 1. The number of rotatable bonds is 0. The summed E-state index contributed by atoms with van der Waals surface area (Å²) in [5.41, 5.74) is -0.590. The molecule has 35 heavy (non-hydrogen) atoms. The maximum Gasteiger partial charge on any atom is 0.419 e. The second-order valence-corrected chi connectivity index (χ2v) is 8.36. The molecule has 0 fully saturated rings. The van der Waals surface area contributed by atoms with Gasteiger partial charge in [0.25, 0.3) is 5.91 Å². The molecule has 2 bridgehead atoms. The van der Waals surface area contributed by atoms with E-state index in [9.17, 15) is 31.5 Å². The van der Waals surface area contributed by atoms with Crippen LogP contribution in [0.25, 0.3) is 0 Å². The molecule has 2 aromatic carbocycles. The number of carbonyl (C=O) groups is 1. The van der Waals surface area contributed by atoms with Crippen molar-refractivity contribution in [2.75, 3.05) is 29.6 Å². The Bertz CT molecular complexity index is 1390. The Kier molecular flexibility index (Phi) is 5.59. The number of amides is 1. The first kappa shape index (κ1) is 23.0. The van der Waals surface area contributed by atoms with Crippen molar-refractivity contribution in [1.29, 1.82) is 0 Å². The van der Waals surface area contributed by atoms with Crippen LogP contribution in [0.15, 0.2) is 47.3 Å². The highest BCUT2D eigenvalue weighted by Crippen LogP contribution is 2.42. The Labute approximate surface area is 196 Å². The topological polar surface area (TPSA) is 68.4 Å². The highest BCUT2D eigenvalue weighted by atomic mass is 19.4. The molecule has 6 nitrogen and oxygen atoms in total. The number of benzene rings is 2. The third-order valence-electron chi connectivity index (χ3n) is 6.16. The standard InChI is InChI=1S/C24H19F5N4O2/c25-14-1-2-19-13(9-14)5-7-30-8-6-18-20(3-4-22(34)31-18)33-12-32(19)21-11-16(24(27,28)29)17(26)10-15(21)23(33)35/h1-4,9-11,30H,5-8,12H2,(H,31,34). The number of aromatic amines is 1. The average Bonchev–Trinajstić information content (AvgIpc) is 2.78. The molecule has 0 atom stereocenters. The van der Waals surface area contributed by atoms with Crippen LogP contribution < -0.4 is 20.7 Å². The van der Waals surface area contributed by atoms with Crippen molar-refractivity contribution in [2.45, 2.75) is 19.0 Å². The van der Waals surface area contributed by atoms with Crippen LogP contribution in [0.2, 0.25) is 0 Å². The molecular formula is C24H19F5N4O2. The molecule has 0 unspecified atom stereocenters. The van der Waals surface area contributed by atoms with E-state index in [4.69, 9.17) is 0 Å². The van der Waals surface area contributed by atoms with Crippen LogP contribution in [-0.2, 0) is 19.0 Å². The maximum absolute atomic E-state index is 14.6. The Morgan fingerprint density at radius 2 is 1.57 bits per heavy atom. The number of halogens is 5. The van der Waals surface area contributed by atoms with Crippen molar-refractivity contribution in [3.63, 3.8) is 0 Å². The zero-order valence-corrected chi connectivity index (χ0v) is 18.2. The van der Waals surface area contributed by atoms with Crippen molar-refractivity contribution < 1.29 is 26.7 Å². The van der Waals surface area contributed by atoms with Gasteiger partial charge in [-0.25, -0.2) is 8.78 Å².